The van der Waals surface area contributed by atoms with E-state index >= 15 is 0 Å². The fourth-order valence-electron chi connectivity index (χ4n) is 3.30. The SMILES string of the molecule is CCc1ccccc1NC(=O)/C(C#N)=C/c1ccc2noc(-c3ccccc3)c2c1. The first-order valence-electron chi connectivity index (χ1n) is 9.65. The van der Waals surface area contributed by atoms with Crippen LogP contribution in [0, 0.1) is 11.3 Å². The standard InChI is InChI=1S/C25H19N3O2/c1-2-18-8-6-7-11-22(18)27-25(29)20(16-26)14-17-12-13-23-21(15-17)24(30-28-23)19-9-4-3-5-10-19/h3-15H,2H2,1H3,(H,27,29)/b20-14+. The van der Waals surface area contributed by atoms with Crippen molar-refractivity contribution >= 4 is 28.6 Å². The van der Waals surface area contributed by atoms with Gasteiger partial charge < -0.3 is 9.84 Å². The molecule has 0 spiro atoms. The number of nitrogens with one attached hydrogen (secondary N) is 1. The lowest BCUT2D eigenvalue weighted by atomic mass is 10.0. The predicted molar refractivity (Wildman–Crippen MR) is 117 cm³/mol. The van der Waals surface area contributed by atoms with E-state index in [0.29, 0.717) is 17.0 Å². The summed E-state index contributed by atoms with van der Waals surface area (Å²) in [5.74, 6) is 0.216. The van der Waals surface area contributed by atoms with Gasteiger partial charge in [0.1, 0.15) is 17.2 Å². The van der Waals surface area contributed by atoms with Gasteiger partial charge in [0.25, 0.3) is 5.91 Å². The van der Waals surface area contributed by atoms with Crippen LogP contribution in [-0.2, 0) is 11.2 Å². The first-order valence-corrected chi connectivity index (χ1v) is 9.65. The Hall–Kier alpha value is -4.17. The Labute approximate surface area is 174 Å². The van der Waals surface area contributed by atoms with Crippen molar-refractivity contribution in [2.75, 3.05) is 5.32 Å². The second kappa shape index (κ2) is 8.46. The van der Waals surface area contributed by atoms with Crippen LogP contribution in [0.25, 0.3) is 28.3 Å². The monoisotopic (exact) mass is 393 g/mol. The zero-order chi connectivity index (χ0) is 20.9. The lowest BCUT2D eigenvalue weighted by Gasteiger charge is -2.09. The highest BCUT2D eigenvalue weighted by Crippen LogP contribution is 2.29. The van der Waals surface area contributed by atoms with Gasteiger partial charge in [0.15, 0.2) is 5.76 Å². The van der Waals surface area contributed by atoms with Gasteiger partial charge in [-0.1, -0.05) is 66.7 Å². The highest BCUT2D eigenvalue weighted by atomic mass is 16.5. The fraction of sp³-hybridized carbons (Fsp3) is 0.0800. The van der Waals surface area contributed by atoms with Gasteiger partial charge in [0.05, 0.1) is 5.39 Å². The molecule has 0 atom stereocenters. The molecule has 0 saturated carbocycles. The van der Waals surface area contributed by atoms with Crippen molar-refractivity contribution in [2.24, 2.45) is 0 Å². The molecule has 0 aliphatic rings. The molecule has 30 heavy (non-hydrogen) atoms. The summed E-state index contributed by atoms with van der Waals surface area (Å²) in [6.07, 6.45) is 2.36. The minimum atomic E-state index is -0.438. The number of carbonyl (C=O) groups is 1. The molecular weight excluding hydrogens is 374 g/mol. The number of carbonyl (C=O) groups excluding carboxylic acids is 1. The summed E-state index contributed by atoms with van der Waals surface area (Å²) in [6, 6.07) is 24.8. The molecule has 4 rings (SSSR count). The number of benzene rings is 3. The summed E-state index contributed by atoms with van der Waals surface area (Å²) in [7, 11) is 0. The smallest absolute Gasteiger partial charge is 0.266 e. The zero-order valence-corrected chi connectivity index (χ0v) is 16.4. The molecule has 1 amide bonds. The Bertz CT molecular complexity index is 1280. The van der Waals surface area contributed by atoms with Crippen LogP contribution in [0.3, 0.4) is 0 Å². The highest BCUT2D eigenvalue weighted by Gasteiger charge is 2.14. The Balaban J connectivity index is 1.67. The predicted octanol–water partition coefficient (Wildman–Crippen LogP) is 5.60. The number of nitrogens with zero attached hydrogens (tertiary/aromatic N) is 2. The number of nitriles is 1. The largest absolute Gasteiger partial charge is 0.355 e. The summed E-state index contributed by atoms with van der Waals surface area (Å²) in [5, 5.41) is 17.3. The third-order valence-corrected chi connectivity index (χ3v) is 4.86. The molecule has 5 heteroatoms. The van der Waals surface area contributed by atoms with Gasteiger partial charge >= 0.3 is 0 Å². The van der Waals surface area contributed by atoms with Crippen LogP contribution < -0.4 is 5.32 Å². The molecule has 0 aliphatic heterocycles. The van der Waals surface area contributed by atoms with Crippen LogP contribution in [0.2, 0.25) is 0 Å². The molecule has 3 aromatic carbocycles. The molecule has 146 valence electrons. The van der Waals surface area contributed by atoms with E-state index in [-0.39, 0.29) is 5.57 Å². The Kier molecular flexibility index (Phi) is 5.40. The van der Waals surface area contributed by atoms with Crippen LogP contribution in [0.1, 0.15) is 18.1 Å². The number of amides is 1. The molecule has 0 saturated heterocycles. The first kappa shape index (κ1) is 19.2. The number of aromatic nitrogens is 1. The Morgan fingerprint density at radius 3 is 2.63 bits per heavy atom. The second-order valence-corrected chi connectivity index (χ2v) is 6.79. The van der Waals surface area contributed by atoms with Gasteiger partial charge in [-0.2, -0.15) is 5.26 Å². The van der Waals surface area contributed by atoms with E-state index in [1.165, 1.54) is 0 Å². The van der Waals surface area contributed by atoms with Gasteiger partial charge in [0, 0.05) is 11.3 Å². The van der Waals surface area contributed by atoms with E-state index in [9.17, 15) is 10.1 Å². The summed E-state index contributed by atoms with van der Waals surface area (Å²) < 4.78 is 5.52. The van der Waals surface area contributed by atoms with Gasteiger partial charge in [-0.25, -0.2) is 0 Å². The lowest BCUT2D eigenvalue weighted by molar-refractivity contribution is -0.112. The Morgan fingerprint density at radius 1 is 1.10 bits per heavy atom. The minimum Gasteiger partial charge on any atom is -0.355 e. The van der Waals surface area contributed by atoms with E-state index in [1.54, 1.807) is 6.08 Å². The number of para-hydroxylation sites is 1. The van der Waals surface area contributed by atoms with Gasteiger partial charge in [-0.05, 0) is 41.8 Å². The number of fused-ring (bicyclic) bond motifs is 1. The summed E-state index contributed by atoms with van der Waals surface area (Å²) in [5.41, 5.74) is 4.10. The highest BCUT2D eigenvalue weighted by molar-refractivity contribution is 6.10. The molecule has 0 fully saturated rings. The lowest BCUT2D eigenvalue weighted by Crippen LogP contribution is -2.14. The van der Waals surface area contributed by atoms with Crippen LogP contribution in [0.4, 0.5) is 5.69 Å². The van der Waals surface area contributed by atoms with Crippen LogP contribution in [-0.4, -0.2) is 11.1 Å². The Morgan fingerprint density at radius 2 is 1.87 bits per heavy atom. The maximum absolute atomic E-state index is 12.7. The van der Waals surface area contributed by atoms with Crippen molar-refractivity contribution in [1.82, 2.24) is 5.16 Å². The van der Waals surface area contributed by atoms with Crippen LogP contribution in [0.15, 0.2) is 82.9 Å². The zero-order valence-electron chi connectivity index (χ0n) is 16.4. The molecule has 0 unspecified atom stereocenters. The van der Waals surface area contributed by atoms with E-state index in [0.717, 1.165) is 28.5 Å². The second-order valence-electron chi connectivity index (χ2n) is 6.79. The van der Waals surface area contributed by atoms with E-state index in [2.05, 4.69) is 10.5 Å². The molecule has 1 aromatic heterocycles. The number of hydrogen-bond acceptors (Lipinski definition) is 4. The van der Waals surface area contributed by atoms with Gasteiger partial charge in [0.2, 0.25) is 0 Å². The quantitative estimate of drug-likeness (QED) is 0.353. The summed E-state index contributed by atoms with van der Waals surface area (Å²) in [6.45, 7) is 2.02. The number of rotatable bonds is 5. The first-order chi connectivity index (χ1) is 14.7. The molecule has 5 nitrogen and oxygen atoms in total. The van der Waals surface area contributed by atoms with Crippen molar-refractivity contribution in [1.29, 1.82) is 5.26 Å². The van der Waals surface area contributed by atoms with Crippen molar-refractivity contribution in [2.45, 2.75) is 13.3 Å². The summed E-state index contributed by atoms with van der Waals surface area (Å²) in [4.78, 5) is 12.7. The van der Waals surface area contributed by atoms with Crippen molar-refractivity contribution in [3.63, 3.8) is 0 Å². The van der Waals surface area contributed by atoms with Crippen molar-refractivity contribution in [3.8, 4) is 17.4 Å². The van der Waals surface area contributed by atoms with Crippen molar-refractivity contribution in [3.05, 3.63) is 89.5 Å². The minimum absolute atomic E-state index is 0.0259. The maximum Gasteiger partial charge on any atom is 0.266 e. The topological polar surface area (TPSA) is 78.9 Å². The molecule has 1 N–H and O–H groups in total. The molecule has 0 bridgehead atoms. The van der Waals surface area contributed by atoms with E-state index in [1.807, 2.05) is 85.8 Å². The molecule has 1 heterocycles. The number of hydrogen-bond donors (Lipinski definition) is 1. The van der Waals surface area contributed by atoms with E-state index in [4.69, 9.17) is 4.52 Å². The van der Waals surface area contributed by atoms with Gasteiger partial charge in [-0.3, -0.25) is 4.79 Å². The van der Waals surface area contributed by atoms with Gasteiger partial charge in [-0.15, -0.1) is 0 Å². The number of aryl methyl sites for hydroxylation is 1. The normalized spacial score (nSPS) is 11.3. The van der Waals surface area contributed by atoms with Crippen LogP contribution >= 0.6 is 0 Å². The van der Waals surface area contributed by atoms with E-state index < -0.39 is 5.91 Å². The molecule has 0 aliphatic carbocycles. The number of anilines is 1. The average molecular weight is 393 g/mol. The van der Waals surface area contributed by atoms with Crippen molar-refractivity contribution < 1.29 is 9.32 Å². The molecular formula is C25H19N3O2. The fourth-order valence-corrected chi connectivity index (χ4v) is 3.30. The average Bonchev–Trinajstić information content (AvgIpc) is 3.21. The summed E-state index contributed by atoms with van der Waals surface area (Å²) >= 11 is 0. The third-order valence-electron chi connectivity index (χ3n) is 4.86. The maximum atomic E-state index is 12.7. The molecule has 4 aromatic rings. The molecule has 0 radical (unpaired) electrons. The van der Waals surface area contributed by atoms with Crippen LogP contribution in [0.5, 0.6) is 0 Å². The third kappa shape index (κ3) is 3.85.